The summed E-state index contributed by atoms with van der Waals surface area (Å²) in [5, 5.41) is 14.2. The fourth-order valence-corrected chi connectivity index (χ4v) is 2.24. The number of aliphatic hydroxyl groups is 1. The highest BCUT2D eigenvalue weighted by Gasteiger charge is 2.15. The van der Waals surface area contributed by atoms with Crippen LogP contribution in [0.2, 0.25) is 0 Å². The van der Waals surface area contributed by atoms with Crippen molar-refractivity contribution in [3.05, 3.63) is 24.6 Å². The smallest absolute Gasteiger partial charge is 0.139 e. The SMILES string of the molecule is CCC(CC)C(O)CNc1nccc2occc12. The van der Waals surface area contributed by atoms with Crippen molar-refractivity contribution in [2.45, 2.75) is 32.8 Å². The Bertz CT molecular complexity index is 491. The topological polar surface area (TPSA) is 58.3 Å². The average molecular weight is 248 g/mol. The van der Waals surface area contributed by atoms with E-state index in [1.165, 1.54) is 0 Å². The molecule has 0 saturated heterocycles. The van der Waals surface area contributed by atoms with Crippen molar-refractivity contribution in [3.63, 3.8) is 0 Å². The molecule has 0 aliphatic rings. The number of nitrogens with one attached hydrogen (secondary N) is 1. The van der Waals surface area contributed by atoms with Crippen LogP contribution in [0.15, 0.2) is 29.0 Å². The van der Waals surface area contributed by atoms with Crippen molar-refractivity contribution >= 4 is 16.8 Å². The van der Waals surface area contributed by atoms with Gasteiger partial charge in [-0.15, -0.1) is 0 Å². The molecule has 0 aromatic carbocycles. The zero-order valence-corrected chi connectivity index (χ0v) is 10.9. The molecule has 0 radical (unpaired) electrons. The fraction of sp³-hybridized carbons (Fsp3) is 0.500. The van der Waals surface area contributed by atoms with Crippen molar-refractivity contribution in [3.8, 4) is 0 Å². The molecule has 4 heteroatoms. The third-order valence-electron chi connectivity index (χ3n) is 3.45. The second-order valence-electron chi connectivity index (χ2n) is 4.52. The van der Waals surface area contributed by atoms with Gasteiger partial charge in [-0.1, -0.05) is 26.7 Å². The van der Waals surface area contributed by atoms with E-state index in [9.17, 15) is 5.11 Å². The first-order chi connectivity index (χ1) is 8.76. The largest absolute Gasteiger partial charge is 0.464 e. The van der Waals surface area contributed by atoms with Gasteiger partial charge in [0.05, 0.1) is 17.8 Å². The number of rotatable bonds is 6. The Morgan fingerprint density at radius 2 is 2.11 bits per heavy atom. The Morgan fingerprint density at radius 3 is 2.83 bits per heavy atom. The molecular weight excluding hydrogens is 228 g/mol. The Balaban J connectivity index is 2.04. The highest BCUT2D eigenvalue weighted by molar-refractivity contribution is 5.87. The van der Waals surface area contributed by atoms with E-state index >= 15 is 0 Å². The molecule has 1 atom stereocenters. The van der Waals surface area contributed by atoms with Crippen molar-refractivity contribution < 1.29 is 9.52 Å². The van der Waals surface area contributed by atoms with E-state index in [0.717, 1.165) is 29.6 Å². The Labute approximate surface area is 107 Å². The molecule has 2 rings (SSSR count). The normalized spacial score (nSPS) is 13.1. The van der Waals surface area contributed by atoms with Gasteiger partial charge in [-0.25, -0.2) is 4.98 Å². The van der Waals surface area contributed by atoms with E-state index in [1.807, 2.05) is 12.1 Å². The molecule has 0 amide bonds. The van der Waals surface area contributed by atoms with E-state index < -0.39 is 0 Å². The van der Waals surface area contributed by atoms with Gasteiger partial charge < -0.3 is 14.8 Å². The molecule has 0 saturated carbocycles. The van der Waals surface area contributed by atoms with Crippen molar-refractivity contribution in [2.24, 2.45) is 5.92 Å². The second kappa shape index (κ2) is 5.87. The summed E-state index contributed by atoms with van der Waals surface area (Å²) in [6.45, 7) is 4.72. The number of nitrogens with zero attached hydrogens (tertiary/aromatic N) is 1. The van der Waals surface area contributed by atoms with Crippen molar-refractivity contribution in [2.75, 3.05) is 11.9 Å². The van der Waals surface area contributed by atoms with Crippen LogP contribution in [0.5, 0.6) is 0 Å². The number of hydrogen-bond acceptors (Lipinski definition) is 4. The quantitative estimate of drug-likeness (QED) is 0.825. The van der Waals surface area contributed by atoms with E-state index in [2.05, 4.69) is 24.1 Å². The first-order valence-electron chi connectivity index (χ1n) is 6.50. The Morgan fingerprint density at radius 1 is 1.33 bits per heavy atom. The lowest BCUT2D eigenvalue weighted by molar-refractivity contribution is 0.114. The van der Waals surface area contributed by atoms with Gasteiger partial charge >= 0.3 is 0 Å². The van der Waals surface area contributed by atoms with Crippen LogP contribution in [0.3, 0.4) is 0 Å². The van der Waals surface area contributed by atoms with Crippen LogP contribution in [0.25, 0.3) is 11.0 Å². The van der Waals surface area contributed by atoms with Crippen LogP contribution in [-0.4, -0.2) is 22.7 Å². The molecule has 4 nitrogen and oxygen atoms in total. The number of aromatic nitrogens is 1. The maximum absolute atomic E-state index is 10.1. The minimum Gasteiger partial charge on any atom is -0.464 e. The third-order valence-corrected chi connectivity index (χ3v) is 3.45. The average Bonchev–Trinajstić information content (AvgIpc) is 2.86. The van der Waals surface area contributed by atoms with E-state index in [0.29, 0.717) is 12.5 Å². The zero-order valence-electron chi connectivity index (χ0n) is 10.9. The van der Waals surface area contributed by atoms with Gasteiger partial charge in [0.25, 0.3) is 0 Å². The number of anilines is 1. The van der Waals surface area contributed by atoms with E-state index in [4.69, 9.17) is 4.42 Å². The van der Waals surface area contributed by atoms with Gasteiger partial charge in [0.1, 0.15) is 11.4 Å². The number of aliphatic hydroxyl groups excluding tert-OH is 1. The zero-order chi connectivity index (χ0) is 13.0. The summed E-state index contributed by atoms with van der Waals surface area (Å²) < 4.78 is 5.31. The molecule has 0 aliphatic carbocycles. The molecule has 18 heavy (non-hydrogen) atoms. The minimum atomic E-state index is -0.344. The molecule has 0 aliphatic heterocycles. The lowest BCUT2D eigenvalue weighted by atomic mass is 9.96. The maximum atomic E-state index is 10.1. The van der Waals surface area contributed by atoms with Gasteiger partial charge in [-0.3, -0.25) is 0 Å². The number of fused-ring (bicyclic) bond motifs is 1. The summed E-state index contributed by atoms with van der Waals surface area (Å²) in [5.74, 6) is 1.10. The minimum absolute atomic E-state index is 0.334. The highest BCUT2D eigenvalue weighted by Crippen LogP contribution is 2.22. The molecule has 0 bridgehead atoms. The standard InChI is InChI=1S/C14H20N2O2/c1-3-10(4-2)12(17)9-16-14-11-6-8-18-13(11)5-7-15-14/h5-8,10,12,17H,3-4,9H2,1-2H3,(H,15,16). The van der Waals surface area contributed by atoms with E-state index in [1.54, 1.807) is 12.5 Å². The summed E-state index contributed by atoms with van der Waals surface area (Å²) in [4.78, 5) is 4.28. The summed E-state index contributed by atoms with van der Waals surface area (Å²) >= 11 is 0. The number of hydrogen-bond donors (Lipinski definition) is 2. The summed E-state index contributed by atoms with van der Waals surface area (Å²) in [5.41, 5.74) is 0.810. The fourth-order valence-electron chi connectivity index (χ4n) is 2.24. The van der Waals surface area contributed by atoms with Gasteiger partial charge in [-0.05, 0) is 18.1 Å². The van der Waals surface area contributed by atoms with Crippen LogP contribution >= 0.6 is 0 Å². The molecule has 98 valence electrons. The van der Waals surface area contributed by atoms with Crippen LogP contribution in [0.4, 0.5) is 5.82 Å². The second-order valence-corrected chi connectivity index (χ2v) is 4.52. The summed E-state index contributed by atoms with van der Waals surface area (Å²) in [6, 6.07) is 3.71. The maximum Gasteiger partial charge on any atom is 0.139 e. The summed E-state index contributed by atoms with van der Waals surface area (Å²) in [7, 11) is 0. The van der Waals surface area contributed by atoms with Crippen molar-refractivity contribution in [1.29, 1.82) is 0 Å². The molecule has 2 aromatic rings. The summed E-state index contributed by atoms with van der Waals surface area (Å²) in [6.07, 6.45) is 4.99. The lowest BCUT2D eigenvalue weighted by Crippen LogP contribution is -2.27. The number of furan rings is 1. The molecule has 0 fully saturated rings. The molecular formula is C14H20N2O2. The van der Waals surface area contributed by atoms with Gasteiger partial charge in [0.2, 0.25) is 0 Å². The lowest BCUT2D eigenvalue weighted by Gasteiger charge is -2.20. The monoisotopic (exact) mass is 248 g/mol. The Hall–Kier alpha value is -1.55. The molecule has 2 N–H and O–H groups in total. The van der Waals surface area contributed by atoms with E-state index in [-0.39, 0.29) is 6.10 Å². The van der Waals surface area contributed by atoms with Crippen LogP contribution in [0.1, 0.15) is 26.7 Å². The van der Waals surface area contributed by atoms with Crippen LogP contribution in [-0.2, 0) is 0 Å². The molecule has 2 aromatic heterocycles. The van der Waals surface area contributed by atoms with Gasteiger partial charge in [-0.2, -0.15) is 0 Å². The van der Waals surface area contributed by atoms with Crippen LogP contribution in [0, 0.1) is 5.92 Å². The Kier molecular flexibility index (Phi) is 4.20. The molecule has 1 unspecified atom stereocenters. The number of pyridine rings is 1. The first-order valence-corrected chi connectivity index (χ1v) is 6.50. The first kappa shape index (κ1) is 12.9. The van der Waals surface area contributed by atoms with Crippen LogP contribution < -0.4 is 5.32 Å². The third kappa shape index (κ3) is 2.64. The van der Waals surface area contributed by atoms with Gasteiger partial charge in [0.15, 0.2) is 0 Å². The highest BCUT2D eigenvalue weighted by atomic mass is 16.3. The molecule has 2 heterocycles. The molecule has 0 spiro atoms. The van der Waals surface area contributed by atoms with Crippen molar-refractivity contribution in [1.82, 2.24) is 4.98 Å². The van der Waals surface area contributed by atoms with Gasteiger partial charge in [0, 0.05) is 12.7 Å². The predicted molar refractivity (Wildman–Crippen MR) is 72.6 cm³/mol. The predicted octanol–water partition coefficient (Wildman–Crippen LogP) is 3.04.